The molecule has 0 aliphatic carbocycles. The summed E-state index contributed by atoms with van der Waals surface area (Å²) in [6, 6.07) is 4.03. The Balaban J connectivity index is 2.05. The number of nitrogens with zero attached hydrogens (tertiary/aromatic N) is 6. The van der Waals surface area contributed by atoms with Crippen LogP contribution >= 0.6 is 11.8 Å². The summed E-state index contributed by atoms with van der Waals surface area (Å²) in [5.41, 5.74) is -0.679. The van der Waals surface area contributed by atoms with E-state index >= 15 is 0 Å². The van der Waals surface area contributed by atoms with Crippen LogP contribution in [0.4, 0.5) is 13.2 Å². The van der Waals surface area contributed by atoms with Gasteiger partial charge in [-0.1, -0.05) is 6.92 Å². The lowest BCUT2D eigenvalue weighted by Gasteiger charge is -2.10. The molecular formula is C14H12F3N7S. The molecule has 0 radical (unpaired) electrons. The smallest absolute Gasteiger partial charge is 0.336 e. The highest BCUT2D eigenvalue weighted by atomic mass is 32.2. The maximum Gasteiger partial charge on any atom is 0.433 e. The number of aromatic nitrogens is 6. The molecule has 0 aromatic carbocycles. The van der Waals surface area contributed by atoms with Gasteiger partial charge in [0.15, 0.2) is 11.6 Å². The maximum atomic E-state index is 13.2. The lowest BCUT2D eigenvalue weighted by molar-refractivity contribution is -0.141. The first kappa shape index (κ1) is 17.1. The van der Waals surface area contributed by atoms with Crippen LogP contribution < -0.4 is 5.84 Å². The van der Waals surface area contributed by atoms with Crippen LogP contribution in [0.15, 0.2) is 40.8 Å². The molecule has 7 nitrogen and oxygen atoms in total. The van der Waals surface area contributed by atoms with Gasteiger partial charge in [-0.25, -0.2) is 14.6 Å². The number of aryl methyl sites for hydroxylation is 1. The summed E-state index contributed by atoms with van der Waals surface area (Å²) in [6.45, 7) is 1.84. The average molecular weight is 367 g/mol. The number of nitrogens with two attached hydrogens (primary N) is 1. The minimum Gasteiger partial charge on any atom is -0.336 e. The van der Waals surface area contributed by atoms with Gasteiger partial charge in [0.1, 0.15) is 10.7 Å². The van der Waals surface area contributed by atoms with E-state index < -0.39 is 11.9 Å². The van der Waals surface area contributed by atoms with Crippen molar-refractivity contribution in [2.75, 3.05) is 5.84 Å². The van der Waals surface area contributed by atoms with Gasteiger partial charge < -0.3 is 5.84 Å². The Morgan fingerprint density at radius 3 is 2.64 bits per heavy atom. The van der Waals surface area contributed by atoms with Crippen LogP contribution in [-0.4, -0.2) is 29.8 Å². The van der Waals surface area contributed by atoms with Gasteiger partial charge in [0.05, 0.1) is 0 Å². The largest absolute Gasteiger partial charge is 0.433 e. The zero-order valence-corrected chi connectivity index (χ0v) is 13.7. The van der Waals surface area contributed by atoms with E-state index in [0.717, 1.165) is 17.8 Å². The highest BCUT2D eigenvalue weighted by molar-refractivity contribution is 7.99. The lowest BCUT2D eigenvalue weighted by atomic mass is 10.2. The van der Waals surface area contributed by atoms with E-state index in [1.165, 1.54) is 17.1 Å². The number of pyridine rings is 1. The van der Waals surface area contributed by atoms with Crippen LogP contribution in [0.25, 0.3) is 11.4 Å². The summed E-state index contributed by atoms with van der Waals surface area (Å²) in [5.74, 6) is 6.26. The first-order valence-corrected chi connectivity index (χ1v) is 7.94. The van der Waals surface area contributed by atoms with E-state index in [1.54, 1.807) is 12.1 Å². The third kappa shape index (κ3) is 3.71. The van der Waals surface area contributed by atoms with Crippen molar-refractivity contribution in [3.63, 3.8) is 0 Å². The molecule has 3 aromatic heterocycles. The Labute approximate surface area is 144 Å². The summed E-state index contributed by atoms with van der Waals surface area (Å²) in [5, 5.41) is 8.04. The molecule has 0 bridgehead atoms. The summed E-state index contributed by atoms with van der Waals surface area (Å²) in [6.07, 6.45) is -1.16. The average Bonchev–Trinajstić information content (AvgIpc) is 2.94. The molecule has 0 aliphatic heterocycles. The summed E-state index contributed by atoms with van der Waals surface area (Å²) in [7, 11) is 0. The number of halogens is 3. The predicted octanol–water partition coefficient (Wildman–Crippen LogP) is 2.58. The van der Waals surface area contributed by atoms with E-state index in [4.69, 9.17) is 5.84 Å². The van der Waals surface area contributed by atoms with Gasteiger partial charge in [-0.3, -0.25) is 4.98 Å². The predicted molar refractivity (Wildman–Crippen MR) is 83.9 cm³/mol. The Morgan fingerprint density at radius 2 is 2.04 bits per heavy atom. The standard InChI is InChI=1S/C14H12F3N7S/c1-2-10-22-23-13(24(10)18)25-11-6-9(14(15,16)17)20-12(21-11)8-4-3-5-19-7-8/h3-7H,2,18H2,1H3. The molecule has 3 rings (SSSR count). The minimum absolute atomic E-state index is 0.0583. The molecule has 3 aromatic rings. The van der Waals surface area contributed by atoms with Crippen LogP contribution in [-0.2, 0) is 12.6 Å². The molecule has 0 fully saturated rings. The number of rotatable bonds is 4. The Hall–Kier alpha value is -2.69. The second kappa shape index (κ2) is 6.67. The molecule has 0 atom stereocenters. The fourth-order valence-electron chi connectivity index (χ4n) is 1.96. The van der Waals surface area contributed by atoms with Crippen molar-refractivity contribution in [2.45, 2.75) is 29.7 Å². The van der Waals surface area contributed by atoms with Gasteiger partial charge >= 0.3 is 6.18 Å². The molecule has 0 unspecified atom stereocenters. The van der Waals surface area contributed by atoms with Crippen molar-refractivity contribution in [3.8, 4) is 11.4 Å². The van der Waals surface area contributed by atoms with Crippen molar-refractivity contribution in [3.05, 3.63) is 42.1 Å². The Kier molecular flexibility index (Phi) is 4.57. The second-order valence-electron chi connectivity index (χ2n) is 4.88. The van der Waals surface area contributed by atoms with Crippen molar-refractivity contribution in [2.24, 2.45) is 0 Å². The second-order valence-corrected chi connectivity index (χ2v) is 5.87. The van der Waals surface area contributed by atoms with Crippen LogP contribution in [0.1, 0.15) is 18.4 Å². The quantitative estimate of drug-likeness (QED) is 0.559. The third-order valence-electron chi connectivity index (χ3n) is 3.16. The van der Waals surface area contributed by atoms with Crippen LogP contribution in [0, 0.1) is 0 Å². The van der Waals surface area contributed by atoms with Crippen LogP contribution in [0.3, 0.4) is 0 Å². The van der Waals surface area contributed by atoms with Crippen LogP contribution in [0.2, 0.25) is 0 Å². The minimum atomic E-state index is -4.61. The van der Waals surface area contributed by atoms with Gasteiger partial charge in [-0.05, 0) is 23.9 Å². The van der Waals surface area contributed by atoms with Gasteiger partial charge in [-0.2, -0.15) is 13.2 Å². The van der Waals surface area contributed by atoms with Gasteiger partial charge in [0.25, 0.3) is 0 Å². The Bertz CT molecular complexity index is 880. The monoisotopic (exact) mass is 367 g/mol. The molecule has 11 heteroatoms. The maximum absolute atomic E-state index is 13.2. The number of alkyl halides is 3. The first-order valence-electron chi connectivity index (χ1n) is 7.12. The van der Waals surface area contributed by atoms with E-state index in [0.29, 0.717) is 17.8 Å². The SMILES string of the molecule is CCc1nnc(Sc2cc(C(F)(F)F)nc(-c3cccnc3)n2)n1N. The fourth-order valence-corrected chi connectivity index (χ4v) is 2.73. The summed E-state index contributed by atoms with van der Waals surface area (Å²) < 4.78 is 40.7. The van der Waals surface area contributed by atoms with E-state index in [-0.39, 0.29) is 16.0 Å². The van der Waals surface area contributed by atoms with E-state index in [1.807, 2.05) is 6.92 Å². The number of hydrogen-bond donors (Lipinski definition) is 1. The van der Waals surface area contributed by atoms with Gasteiger partial charge in [0, 0.05) is 30.4 Å². The molecule has 0 saturated carbocycles. The highest BCUT2D eigenvalue weighted by Gasteiger charge is 2.34. The molecule has 0 spiro atoms. The zero-order valence-electron chi connectivity index (χ0n) is 12.9. The van der Waals surface area contributed by atoms with Crippen molar-refractivity contribution in [1.29, 1.82) is 0 Å². The van der Waals surface area contributed by atoms with E-state index in [9.17, 15) is 13.2 Å². The molecule has 0 aliphatic rings. The molecule has 130 valence electrons. The molecule has 0 amide bonds. The van der Waals surface area contributed by atoms with Gasteiger partial charge in [0.2, 0.25) is 5.16 Å². The summed E-state index contributed by atoms with van der Waals surface area (Å²) >= 11 is 0.882. The molecule has 3 heterocycles. The Morgan fingerprint density at radius 1 is 1.24 bits per heavy atom. The van der Waals surface area contributed by atoms with Crippen molar-refractivity contribution in [1.82, 2.24) is 29.8 Å². The molecular weight excluding hydrogens is 355 g/mol. The van der Waals surface area contributed by atoms with Crippen molar-refractivity contribution < 1.29 is 13.2 Å². The van der Waals surface area contributed by atoms with Gasteiger partial charge in [-0.15, -0.1) is 10.2 Å². The highest BCUT2D eigenvalue weighted by Crippen LogP contribution is 2.33. The number of nitrogen functional groups attached to an aromatic ring is 1. The first-order chi connectivity index (χ1) is 11.9. The van der Waals surface area contributed by atoms with E-state index in [2.05, 4.69) is 25.1 Å². The third-order valence-corrected chi connectivity index (χ3v) is 4.04. The summed E-state index contributed by atoms with van der Waals surface area (Å²) in [4.78, 5) is 11.6. The molecule has 25 heavy (non-hydrogen) atoms. The normalized spacial score (nSPS) is 11.7. The number of hydrogen-bond acceptors (Lipinski definition) is 7. The lowest BCUT2D eigenvalue weighted by Crippen LogP contribution is -2.14. The van der Waals surface area contributed by atoms with Crippen LogP contribution in [0.5, 0.6) is 0 Å². The van der Waals surface area contributed by atoms with Crippen molar-refractivity contribution >= 4 is 11.8 Å². The molecule has 0 saturated heterocycles. The molecule has 2 N–H and O–H groups in total. The topological polar surface area (TPSA) is 95.4 Å². The fraction of sp³-hybridized carbons (Fsp3) is 0.214. The zero-order chi connectivity index (χ0) is 18.0.